The highest BCUT2D eigenvalue weighted by Gasteiger charge is 2.08. The van der Waals surface area contributed by atoms with Gasteiger partial charge in [-0.1, -0.05) is 0 Å². The van der Waals surface area contributed by atoms with Crippen molar-refractivity contribution in [2.45, 2.75) is 20.4 Å². The van der Waals surface area contributed by atoms with E-state index in [1.54, 1.807) is 18.6 Å². The van der Waals surface area contributed by atoms with Gasteiger partial charge in [0.05, 0.1) is 6.54 Å². The van der Waals surface area contributed by atoms with Crippen LogP contribution in [-0.4, -0.2) is 25.3 Å². The molecule has 0 aliphatic heterocycles. The molecule has 5 heteroatoms. The Morgan fingerprint density at radius 3 is 2.93 bits per heavy atom. The molecule has 0 saturated heterocycles. The molecule has 78 valence electrons. The first-order valence-corrected chi connectivity index (χ1v) is 4.70. The number of nitrogens with one attached hydrogen (secondary N) is 1. The number of aryl methyl sites for hydroxylation is 1. The van der Waals surface area contributed by atoms with Crippen molar-refractivity contribution >= 4 is 5.78 Å². The van der Waals surface area contributed by atoms with Crippen molar-refractivity contribution in [3.05, 3.63) is 35.9 Å². The molecule has 2 aromatic heterocycles. The molecule has 0 aliphatic carbocycles. The number of aromatic amines is 1. The SMILES string of the molecule is CC(=O)c1cn(Cc2ncc[nH]2)c(C)n1. The Kier molecular flexibility index (Phi) is 2.37. The molecule has 0 spiro atoms. The molecule has 15 heavy (non-hydrogen) atoms. The number of hydrogen-bond donors (Lipinski definition) is 1. The van der Waals surface area contributed by atoms with Gasteiger partial charge in [0.15, 0.2) is 5.78 Å². The number of imidazole rings is 2. The second kappa shape index (κ2) is 3.68. The number of nitrogens with zero attached hydrogens (tertiary/aromatic N) is 3. The Morgan fingerprint density at radius 2 is 2.40 bits per heavy atom. The van der Waals surface area contributed by atoms with E-state index in [1.807, 2.05) is 11.5 Å². The van der Waals surface area contributed by atoms with E-state index in [0.717, 1.165) is 11.6 Å². The van der Waals surface area contributed by atoms with Crippen molar-refractivity contribution in [3.63, 3.8) is 0 Å². The Balaban J connectivity index is 2.25. The van der Waals surface area contributed by atoms with Gasteiger partial charge in [0.2, 0.25) is 0 Å². The third kappa shape index (κ3) is 1.96. The molecule has 0 bridgehead atoms. The van der Waals surface area contributed by atoms with E-state index >= 15 is 0 Å². The average molecular weight is 204 g/mol. The molecule has 1 N–H and O–H groups in total. The van der Waals surface area contributed by atoms with Crippen molar-refractivity contribution in [2.24, 2.45) is 0 Å². The van der Waals surface area contributed by atoms with Gasteiger partial charge in [-0.2, -0.15) is 0 Å². The van der Waals surface area contributed by atoms with E-state index in [0.29, 0.717) is 12.2 Å². The minimum Gasteiger partial charge on any atom is -0.347 e. The summed E-state index contributed by atoms with van der Waals surface area (Å²) in [6.45, 7) is 3.99. The maximum Gasteiger partial charge on any atom is 0.179 e. The Morgan fingerprint density at radius 1 is 1.60 bits per heavy atom. The topological polar surface area (TPSA) is 63.6 Å². The summed E-state index contributed by atoms with van der Waals surface area (Å²) >= 11 is 0. The van der Waals surface area contributed by atoms with Gasteiger partial charge in [0.1, 0.15) is 17.3 Å². The number of carbonyl (C=O) groups excluding carboxylic acids is 1. The normalized spacial score (nSPS) is 10.5. The fraction of sp³-hybridized carbons (Fsp3) is 0.300. The van der Waals surface area contributed by atoms with Gasteiger partial charge in [0.25, 0.3) is 0 Å². The van der Waals surface area contributed by atoms with Crippen LogP contribution in [0.2, 0.25) is 0 Å². The Bertz CT molecular complexity index is 470. The first-order chi connectivity index (χ1) is 7.16. The van der Waals surface area contributed by atoms with Crippen LogP contribution in [-0.2, 0) is 6.54 Å². The fourth-order valence-corrected chi connectivity index (χ4v) is 1.38. The lowest BCUT2D eigenvalue weighted by Crippen LogP contribution is -2.02. The van der Waals surface area contributed by atoms with E-state index < -0.39 is 0 Å². The molecule has 0 amide bonds. The highest BCUT2D eigenvalue weighted by atomic mass is 16.1. The van der Waals surface area contributed by atoms with Crippen LogP contribution < -0.4 is 0 Å². The smallest absolute Gasteiger partial charge is 0.179 e. The molecule has 2 heterocycles. The number of ketones is 1. The summed E-state index contributed by atoms with van der Waals surface area (Å²) in [4.78, 5) is 22.4. The zero-order valence-electron chi connectivity index (χ0n) is 8.69. The van der Waals surface area contributed by atoms with Gasteiger partial charge in [-0.15, -0.1) is 0 Å². The minimum atomic E-state index is -0.0173. The van der Waals surface area contributed by atoms with Gasteiger partial charge in [-0.3, -0.25) is 4.79 Å². The molecule has 0 aromatic carbocycles. The molecule has 2 aromatic rings. The van der Waals surface area contributed by atoms with E-state index in [-0.39, 0.29) is 5.78 Å². The summed E-state index contributed by atoms with van der Waals surface area (Å²) in [5.41, 5.74) is 0.499. The van der Waals surface area contributed by atoms with Crippen LogP contribution in [0.25, 0.3) is 0 Å². The Labute approximate surface area is 87.2 Å². The van der Waals surface area contributed by atoms with Crippen molar-refractivity contribution in [1.82, 2.24) is 19.5 Å². The number of rotatable bonds is 3. The van der Waals surface area contributed by atoms with E-state index in [9.17, 15) is 4.79 Å². The zero-order chi connectivity index (χ0) is 10.8. The maximum absolute atomic E-state index is 11.1. The second-order valence-corrected chi connectivity index (χ2v) is 3.39. The largest absolute Gasteiger partial charge is 0.347 e. The first-order valence-electron chi connectivity index (χ1n) is 4.70. The molecule has 0 unspecified atom stereocenters. The number of hydrogen-bond acceptors (Lipinski definition) is 3. The fourth-order valence-electron chi connectivity index (χ4n) is 1.38. The molecule has 0 aliphatic rings. The van der Waals surface area contributed by atoms with E-state index in [1.165, 1.54) is 6.92 Å². The quantitative estimate of drug-likeness (QED) is 0.763. The van der Waals surface area contributed by atoms with Crippen LogP contribution in [0.5, 0.6) is 0 Å². The van der Waals surface area contributed by atoms with Crippen LogP contribution in [0.15, 0.2) is 18.6 Å². The van der Waals surface area contributed by atoms with Gasteiger partial charge in [0, 0.05) is 25.5 Å². The third-order valence-electron chi connectivity index (χ3n) is 2.21. The first kappa shape index (κ1) is 9.64. The molecular formula is C10H12N4O. The van der Waals surface area contributed by atoms with Crippen molar-refractivity contribution in [3.8, 4) is 0 Å². The van der Waals surface area contributed by atoms with Gasteiger partial charge >= 0.3 is 0 Å². The number of carbonyl (C=O) groups is 1. The van der Waals surface area contributed by atoms with Crippen LogP contribution >= 0.6 is 0 Å². The summed E-state index contributed by atoms with van der Waals surface area (Å²) in [5, 5.41) is 0. The molecule has 0 fully saturated rings. The maximum atomic E-state index is 11.1. The highest BCUT2D eigenvalue weighted by Crippen LogP contribution is 2.05. The molecule has 0 saturated carbocycles. The number of aromatic nitrogens is 4. The summed E-state index contributed by atoms with van der Waals surface area (Å²) < 4.78 is 1.90. The van der Waals surface area contributed by atoms with Crippen LogP contribution in [0.1, 0.15) is 29.1 Å². The average Bonchev–Trinajstić information content (AvgIpc) is 2.77. The lowest BCUT2D eigenvalue weighted by molar-refractivity contribution is 0.101. The third-order valence-corrected chi connectivity index (χ3v) is 2.21. The van der Waals surface area contributed by atoms with Crippen molar-refractivity contribution < 1.29 is 4.79 Å². The molecule has 2 rings (SSSR count). The van der Waals surface area contributed by atoms with Crippen LogP contribution in [0, 0.1) is 6.92 Å². The van der Waals surface area contributed by atoms with Crippen molar-refractivity contribution in [2.75, 3.05) is 0 Å². The lowest BCUT2D eigenvalue weighted by Gasteiger charge is -2.00. The summed E-state index contributed by atoms with van der Waals surface area (Å²) in [5.74, 6) is 1.65. The summed E-state index contributed by atoms with van der Waals surface area (Å²) in [6, 6.07) is 0. The van der Waals surface area contributed by atoms with E-state index in [4.69, 9.17) is 0 Å². The van der Waals surface area contributed by atoms with Gasteiger partial charge in [-0.05, 0) is 6.92 Å². The van der Waals surface area contributed by atoms with Crippen LogP contribution in [0.3, 0.4) is 0 Å². The standard InChI is InChI=1S/C10H12N4O/c1-7(15)9-5-14(8(2)13-9)6-10-11-3-4-12-10/h3-5H,6H2,1-2H3,(H,11,12). The second-order valence-electron chi connectivity index (χ2n) is 3.39. The summed E-state index contributed by atoms with van der Waals surface area (Å²) in [6.07, 6.45) is 5.22. The molecule has 5 nitrogen and oxygen atoms in total. The zero-order valence-corrected chi connectivity index (χ0v) is 8.69. The van der Waals surface area contributed by atoms with Crippen LogP contribution in [0.4, 0.5) is 0 Å². The molecule has 0 radical (unpaired) electrons. The lowest BCUT2D eigenvalue weighted by atomic mass is 10.3. The summed E-state index contributed by atoms with van der Waals surface area (Å²) in [7, 11) is 0. The minimum absolute atomic E-state index is 0.0173. The predicted octanol–water partition coefficient (Wildman–Crippen LogP) is 1.17. The van der Waals surface area contributed by atoms with Crippen molar-refractivity contribution in [1.29, 1.82) is 0 Å². The molecule has 0 atom stereocenters. The van der Waals surface area contributed by atoms with Gasteiger partial charge in [-0.25, -0.2) is 9.97 Å². The van der Waals surface area contributed by atoms with E-state index in [2.05, 4.69) is 15.0 Å². The number of Topliss-reactive ketones (excluding diaryl/α,β-unsaturated/α-hetero) is 1. The molecular weight excluding hydrogens is 192 g/mol. The van der Waals surface area contributed by atoms with Gasteiger partial charge < -0.3 is 9.55 Å². The predicted molar refractivity (Wildman–Crippen MR) is 54.7 cm³/mol. The number of H-pyrrole nitrogens is 1. The highest BCUT2D eigenvalue weighted by molar-refractivity contribution is 5.91. The Hall–Kier alpha value is -1.91. The monoisotopic (exact) mass is 204 g/mol.